The van der Waals surface area contributed by atoms with E-state index in [2.05, 4.69) is 15.3 Å². The average Bonchev–Trinajstić information content (AvgIpc) is 3.21. The van der Waals surface area contributed by atoms with Gasteiger partial charge >= 0.3 is 0 Å². The highest BCUT2D eigenvalue weighted by Crippen LogP contribution is 2.31. The summed E-state index contributed by atoms with van der Waals surface area (Å²) in [5, 5.41) is 14.6. The lowest BCUT2D eigenvalue weighted by Crippen LogP contribution is -2.07. The molecule has 2 heterocycles. The second-order valence-corrected chi connectivity index (χ2v) is 6.91. The van der Waals surface area contributed by atoms with Crippen LogP contribution in [0.2, 0.25) is 5.02 Å². The number of benzene rings is 1. The Morgan fingerprint density at radius 3 is 2.73 bits per heavy atom. The summed E-state index contributed by atoms with van der Waals surface area (Å²) in [7, 11) is 5.11. The van der Waals surface area contributed by atoms with E-state index in [1.165, 1.54) is 0 Å². The van der Waals surface area contributed by atoms with Crippen molar-refractivity contribution < 1.29 is 9.47 Å². The van der Waals surface area contributed by atoms with Crippen LogP contribution in [0, 0.1) is 0 Å². The van der Waals surface area contributed by atoms with Gasteiger partial charge in [-0.3, -0.25) is 9.25 Å². The molecule has 0 amide bonds. The highest BCUT2D eigenvalue weighted by molar-refractivity contribution is 7.98. The van der Waals surface area contributed by atoms with Gasteiger partial charge in [-0.2, -0.15) is 0 Å². The first-order chi connectivity index (χ1) is 12.6. The van der Waals surface area contributed by atoms with Gasteiger partial charge in [0.05, 0.1) is 20.3 Å². The standard InChI is InChI=1S/C17H20ClN5O2S/c1-22-10-13(16(21-22)25-3)15-19-20-17(23(15)8-9-24-2)26-11-12-6-4-5-7-14(12)18/h4-7,10H,8-9,11H2,1-3H3. The molecular formula is C17H20ClN5O2S. The Kier molecular flexibility index (Phi) is 6.18. The van der Waals surface area contributed by atoms with Crippen molar-refractivity contribution in [1.29, 1.82) is 0 Å². The molecule has 138 valence electrons. The van der Waals surface area contributed by atoms with Crippen LogP contribution < -0.4 is 4.74 Å². The minimum atomic E-state index is 0.515. The van der Waals surface area contributed by atoms with E-state index >= 15 is 0 Å². The monoisotopic (exact) mass is 393 g/mol. The van der Waals surface area contributed by atoms with Crippen LogP contribution in [0.25, 0.3) is 11.4 Å². The third kappa shape index (κ3) is 4.03. The fraction of sp³-hybridized carbons (Fsp3) is 0.353. The average molecular weight is 394 g/mol. The number of ether oxygens (including phenoxy) is 2. The zero-order valence-electron chi connectivity index (χ0n) is 14.8. The Hall–Kier alpha value is -2.03. The summed E-state index contributed by atoms with van der Waals surface area (Å²) in [4.78, 5) is 0. The predicted molar refractivity (Wildman–Crippen MR) is 102 cm³/mol. The summed E-state index contributed by atoms with van der Waals surface area (Å²) in [5.74, 6) is 1.92. The molecule has 0 atom stereocenters. The summed E-state index contributed by atoms with van der Waals surface area (Å²) < 4.78 is 14.3. The van der Waals surface area contributed by atoms with Gasteiger partial charge in [0.25, 0.3) is 0 Å². The van der Waals surface area contributed by atoms with Gasteiger partial charge in [-0.25, -0.2) is 0 Å². The molecule has 0 radical (unpaired) electrons. The van der Waals surface area contributed by atoms with Crippen molar-refractivity contribution in [2.75, 3.05) is 20.8 Å². The van der Waals surface area contributed by atoms with Crippen molar-refractivity contribution in [3.8, 4) is 17.3 Å². The van der Waals surface area contributed by atoms with Gasteiger partial charge in [0.1, 0.15) is 5.56 Å². The number of methoxy groups -OCH3 is 2. The van der Waals surface area contributed by atoms with Crippen molar-refractivity contribution in [3.05, 3.63) is 41.0 Å². The van der Waals surface area contributed by atoms with Crippen LogP contribution in [-0.4, -0.2) is 45.4 Å². The van der Waals surface area contributed by atoms with Crippen LogP contribution in [0.15, 0.2) is 35.6 Å². The first-order valence-corrected chi connectivity index (χ1v) is 9.36. The van der Waals surface area contributed by atoms with E-state index in [9.17, 15) is 0 Å². The maximum Gasteiger partial charge on any atom is 0.243 e. The van der Waals surface area contributed by atoms with E-state index in [1.54, 1.807) is 30.7 Å². The molecule has 9 heteroatoms. The summed E-state index contributed by atoms with van der Waals surface area (Å²) in [5.41, 5.74) is 1.85. The minimum absolute atomic E-state index is 0.515. The molecule has 0 spiro atoms. The van der Waals surface area contributed by atoms with E-state index in [0.29, 0.717) is 30.6 Å². The first kappa shape index (κ1) is 18.8. The van der Waals surface area contributed by atoms with E-state index < -0.39 is 0 Å². The summed E-state index contributed by atoms with van der Waals surface area (Å²) in [6, 6.07) is 7.79. The van der Waals surface area contributed by atoms with Gasteiger partial charge in [0.2, 0.25) is 5.88 Å². The van der Waals surface area contributed by atoms with E-state index in [1.807, 2.05) is 42.1 Å². The van der Waals surface area contributed by atoms with Gasteiger partial charge in [-0.05, 0) is 11.6 Å². The number of rotatable bonds is 8. The zero-order chi connectivity index (χ0) is 18.5. The highest BCUT2D eigenvalue weighted by Gasteiger charge is 2.20. The molecule has 0 saturated carbocycles. The number of hydrogen-bond donors (Lipinski definition) is 0. The first-order valence-electron chi connectivity index (χ1n) is 8.00. The number of hydrogen-bond acceptors (Lipinski definition) is 6. The Morgan fingerprint density at radius 1 is 1.19 bits per heavy atom. The molecule has 2 aromatic heterocycles. The lowest BCUT2D eigenvalue weighted by Gasteiger charge is -2.09. The lowest BCUT2D eigenvalue weighted by molar-refractivity contribution is 0.185. The fourth-order valence-corrected chi connectivity index (χ4v) is 3.76. The molecule has 0 N–H and O–H groups in total. The molecule has 0 aliphatic rings. The third-order valence-corrected chi connectivity index (χ3v) is 5.16. The van der Waals surface area contributed by atoms with E-state index in [-0.39, 0.29) is 0 Å². The number of thioether (sulfide) groups is 1. The van der Waals surface area contributed by atoms with Gasteiger partial charge < -0.3 is 9.47 Å². The summed E-state index contributed by atoms with van der Waals surface area (Å²) >= 11 is 7.84. The van der Waals surface area contributed by atoms with Crippen molar-refractivity contribution in [3.63, 3.8) is 0 Å². The molecule has 26 heavy (non-hydrogen) atoms. The topological polar surface area (TPSA) is 67.0 Å². The van der Waals surface area contributed by atoms with E-state index in [0.717, 1.165) is 21.3 Å². The molecule has 0 aliphatic heterocycles. The predicted octanol–water partition coefficient (Wildman–Crippen LogP) is 3.28. The molecule has 0 bridgehead atoms. The number of halogens is 1. The van der Waals surface area contributed by atoms with E-state index in [4.69, 9.17) is 21.1 Å². The molecule has 7 nitrogen and oxygen atoms in total. The van der Waals surface area contributed by atoms with Crippen LogP contribution in [0.4, 0.5) is 0 Å². The highest BCUT2D eigenvalue weighted by atomic mass is 35.5. The van der Waals surface area contributed by atoms with Gasteiger partial charge in [0, 0.05) is 31.1 Å². The Morgan fingerprint density at radius 2 is 2.00 bits per heavy atom. The maximum absolute atomic E-state index is 6.25. The molecule has 3 aromatic rings. The van der Waals surface area contributed by atoms with Crippen LogP contribution in [0.1, 0.15) is 5.56 Å². The Balaban J connectivity index is 1.90. The SMILES string of the molecule is COCCn1c(SCc2ccccc2Cl)nnc1-c1cn(C)nc1OC. The summed E-state index contributed by atoms with van der Waals surface area (Å²) in [6.07, 6.45) is 1.87. The normalized spacial score (nSPS) is 11.1. The maximum atomic E-state index is 6.25. The quantitative estimate of drug-likeness (QED) is 0.547. The van der Waals surface area contributed by atoms with Crippen LogP contribution >= 0.6 is 23.4 Å². The Labute approximate surface area is 161 Å². The molecule has 3 rings (SSSR count). The Bertz CT molecular complexity index is 880. The van der Waals surface area contributed by atoms with Crippen molar-refractivity contribution in [2.24, 2.45) is 7.05 Å². The lowest BCUT2D eigenvalue weighted by atomic mass is 10.2. The third-order valence-electron chi connectivity index (χ3n) is 3.78. The van der Waals surface area contributed by atoms with Crippen molar-refractivity contribution in [2.45, 2.75) is 17.5 Å². The van der Waals surface area contributed by atoms with Crippen LogP contribution in [0.5, 0.6) is 5.88 Å². The van der Waals surface area contributed by atoms with Crippen LogP contribution in [0.3, 0.4) is 0 Å². The minimum Gasteiger partial charge on any atom is -0.479 e. The molecule has 0 fully saturated rings. The largest absolute Gasteiger partial charge is 0.479 e. The second kappa shape index (κ2) is 8.57. The second-order valence-electron chi connectivity index (χ2n) is 5.56. The molecule has 0 aliphatic carbocycles. The molecule has 0 unspecified atom stereocenters. The van der Waals surface area contributed by atoms with Crippen molar-refractivity contribution in [1.82, 2.24) is 24.5 Å². The van der Waals surface area contributed by atoms with Gasteiger partial charge in [-0.15, -0.1) is 15.3 Å². The molecule has 1 aromatic carbocycles. The number of aryl methyl sites for hydroxylation is 1. The smallest absolute Gasteiger partial charge is 0.243 e. The number of aromatic nitrogens is 5. The van der Waals surface area contributed by atoms with Gasteiger partial charge in [0.15, 0.2) is 11.0 Å². The molecule has 0 saturated heterocycles. The zero-order valence-corrected chi connectivity index (χ0v) is 16.4. The van der Waals surface area contributed by atoms with Crippen LogP contribution in [-0.2, 0) is 24.1 Å². The van der Waals surface area contributed by atoms with Gasteiger partial charge in [-0.1, -0.05) is 41.6 Å². The number of nitrogens with zero attached hydrogens (tertiary/aromatic N) is 5. The molecular weight excluding hydrogens is 374 g/mol. The summed E-state index contributed by atoms with van der Waals surface area (Å²) in [6.45, 7) is 1.18. The fourth-order valence-electron chi connectivity index (χ4n) is 2.51. The van der Waals surface area contributed by atoms with Crippen molar-refractivity contribution >= 4 is 23.4 Å².